The van der Waals surface area contributed by atoms with Crippen molar-refractivity contribution in [2.75, 3.05) is 70.7 Å². The molecule has 0 bridgehead atoms. The number of hydrogen-bond donors (Lipinski definition) is 2. The molecule has 2 N–H and O–H groups in total. The van der Waals surface area contributed by atoms with Crippen molar-refractivity contribution in [2.24, 2.45) is 0 Å². The largest absolute Gasteiger partial charge is 0.416 e. The van der Waals surface area contributed by atoms with E-state index in [1.165, 1.54) is 22.0 Å². The van der Waals surface area contributed by atoms with Gasteiger partial charge in [-0.15, -0.1) is 0 Å². The number of nitrogens with one attached hydrogen (secondary N) is 1. The summed E-state index contributed by atoms with van der Waals surface area (Å²) in [6, 6.07) is 6.91. The molecule has 12 nitrogen and oxygen atoms in total. The highest BCUT2D eigenvalue weighted by Gasteiger charge is 2.33. The number of anilines is 1. The van der Waals surface area contributed by atoms with Crippen molar-refractivity contribution < 1.29 is 41.0 Å². The molecule has 1 unspecified atom stereocenters. The number of nitrogens with zero attached hydrogens (tertiary/aromatic N) is 6. The van der Waals surface area contributed by atoms with E-state index in [1.54, 1.807) is 11.8 Å². The molecule has 7 rings (SSSR count). The molecule has 0 amide bonds. The SMILES string of the molecule is CO[n+]1cc2c(C3CCN(CC(O)Cn4nc(-c5ccc(C(F)(F)F)cc5)c5c4CCCN(S(C)(=O)=O)C5)CC3)c[nH]c2cc1N1CCOCC1. The molecule has 1 aromatic carbocycles. The van der Waals surface area contributed by atoms with Crippen LogP contribution < -0.4 is 14.5 Å². The lowest BCUT2D eigenvalue weighted by Gasteiger charge is -2.33. The quantitative estimate of drug-likeness (QED) is 0.252. The lowest BCUT2D eigenvalue weighted by Crippen LogP contribution is -2.49. The number of halogens is 3. The first-order valence-electron chi connectivity index (χ1n) is 17.4. The number of benzene rings is 1. The number of aliphatic hydroxyl groups excluding tert-OH is 1. The Morgan fingerprint density at radius 2 is 1.82 bits per heavy atom. The fraction of sp³-hybridized carbons (Fsp3) is 0.543. The number of aromatic nitrogens is 4. The Labute approximate surface area is 295 Å². The van der Waals surface area contributed by atoms with Crippen LogP contribution in [-0.4, -0.2) is 109 Å². The minimum absolute atomic E-state index is 0.0703. The first-order valence-corrected chi connectivity index (χ1v) is 19.3. The number of morpholine rings is 1. The number of alkyl halides is 3. The Kier molecular flexibility index (Phi) is 10.1. The second-order valence-electron chi connectivity index (χ2n) is 13.8. The van der Waals surface area contributed by atoms with Gasteiger partial charge < -0.3 is 24.6 Å². The summed E-state index contributed by atoms with van der Waals surface area (Å²) >= 11 is 0. The number of ether oxygens (including phenoxy) is 1. The fourth-order valence-corrected chi connectivity index (χ4v) is 8.56. The number of likely N-dealkylation sites (tertiary alicyclic amines) is 1. The Morgan fingerprint density at radius 1 is 1.10 bits per heavy atom. The van der Waals surface area contributed by atoms with Crippen LogP contribution in [0.2, 0.25) is 0 Å². The van der Waals surface area contributed by atoms with Crippen LogP contribution in [0, 0.1) is 0 Å². The average Bonchev–Trinajstić information content (AvgIpc) is 3.58. The molecule has 51 heavy (non-hydrogen) atoms. The molecule has 0 radical (unpaired) electrons. The molecule has 16 heteroatoms. The molecule has 0 spiro atoms. The molecule has 2 saturated heterocycles. The van der Waals surface area contributed by atoms with Crippen LogP contribution in [0.3, 0.4) is 0 Å². The molecule has 1 atom stereocenters. The van der Waals surface area contributed by atoms with E-state index in [1.807, 2.05) is 4.73 Å². The van der Waals surface area contributed by atoms with Crippen LogP contribution in [0.4, 0.5) is 19.0 Å². The molecule has 276 valence electrons. The molecule has 2 fully saturated rings. The Balaban J connectivity index is 1.04. The number of hydrogen-bond acceptors (Lipinski definition) is 8. The van der Waals surface area contributed by atoms with Crippen molar-refractivity contribution in [2.45, 2.75) is 57.0 Å². The van der Waals surface area contributed by atoms with E-state index in [9.17, 15) is 26.7 Å². The number of β-amino-alcohol motifs (C(OH)–C–C–N with tert-alkyl or cyclic N) is 1. The smallest absolute Gasteiger partial charge is 0.390 e. The van der Waals surface area contributed by atoms with Gasteiger partial charge in [-0.25, -0.2) is 8.42 Å². The predicted molar refractivity (Wildman–Crippen MR) is 185 cm³/mol. The number of H-pyrrole nitrogens is 1. The highest BCUT2D eigenvalue weighted by molar-refractivity contribution is 7.88. The van der Waals surface area contributed by atoms with Crippen LogP contribution in [0.5, 0.6) is 0 Å². The maximum atomic E-state index is 13.3. The van der Waals surface area contributed by atoms with Gasteiger partial charge in [0.05, 0.1) is 55.0 Å². The normalized spacial score (nSPS) is 19.3. The standard InChI is InChI=1S/C35H44F3N7O5S/c1-49-45-23-29-28(19-39-31(29)18-33(45)42-14-16-50-17-15-42)24-9-12-41(13-10-24)20-27(46)21-44-32-4-3-11-43(51(2,47)48)22-30(32)34(40-44)25-5-7-26(8-6-25)35(36,37)38/h5-8,18-19,23-24,27,46H,3-4,9-17,20-22H2,1-2H3/p+1. The summed E-state index contributed by atoms with van der Waals surface area (Å²) in [6.07, 6.45) is 3.04. The van der Waals surface area contributed by atoms with E-state index in [2.05, 4.69) is 33.2 Å². The van der Waals surface area contributed by atoms with Gasteiger partial charge in [0.15, 0.2) is 0 Å². The second kappa shape index (κ2) is 14.4. The van der Waals surface area contributed by atoms with Gasteiger partial charge in [-0.1, -0.05) is 12.1 Å². The third-order valence-electron chi connectivity index (χ3n) is 10.4. The zero-order valence-electron chi connectivity index (χ0n) is 28.9. The van der Waals surface area contributed by atoms with Crippen LogP contribution >= 0.6 is 0 Å². The summed E-state index contributed by atoms with van der Waals surface area (Å²) in [5, 5.41) is 17.2. The minimum atomic E-state index is -4.48. The Morgan fingerprint density at radius 3 is 2.49 bits per heavy atom. The number of pyridine rings is 1. The number of sulfonamides is 1. The van der Waals surface area contributed by atoms with Crippen LogP contribution in [0.15, 0.2) is 42.7 Å². The third-order valence-corrected chi connectivity index (χ3v) is 11.7. The van der Waals surface area contributed by atoms with Crippen molar-refractivity contribution in [3.05, 3.63) is 65.1 Å². The zero-order valence-corrected chi connectivity index (χ0v) is 29.7. The van der Waals surface area contributed by atoms with Crippen molar-refractivity contribution in [3.8, 4) is 11.3 Å². The van der Waals surface area contributed by atoms with E-state index in [0.717, 1.165) is 79.8 Å². The lowest BCUT2D eigenvalue weighted by atomic mass is 9.89. The summed E-state index contributed by atoms with van der Waals surface area (Å²) in [5.41, 5.74) is 3.92. The van der Waals surface area contributed by atoms with Gasteiger partial charge in [0.2, 0.25) is 10.0 Å². The first kappa shape index (κ1) is 35.7. The summed E-state index contributed by atoms with van der Waals surface area (Å²) < 4.78 is 75.4. The Bertz CT molecular complexity index is 1950. The molecule has 3 aliphatic rings. The molecule has 4 aromatic rings. The maximum Gasteiger partial charge on any atom is 0.416 e. The lowest BCUT2D eigenvalue weighted by molar-refractivity contribution is -0.874. The number of aromatic amines is 1. The van der Waals surface area contributed by atoms with Gasteiger partial charge in [-0.3, -0.25) is 9.58 Å². The van der Waals surface area contributed by atoms with Crippen molar-refractivity contribution >= 4 is 26.7 Å². The van der Waals surface area contributed by atoms with Crippen molar-refractivity contribution in [1.82, 2.24) is 24.0 Å². The first-order chi connectivity index (χ1) is 24.4. The minimum Gasteiger partial charge on any atom is -0.390 e. The van der Waals surface area contributed by atoms with E-state index < -0.39 is 27.9 Å². The van der Waals surface area contributed by atoms with Crippen LogP contribution in [0.25, 0.3) is 22.2 Å². The van der Waals surface area contributed by atoms with Gasteiger partial charge in [0, 0.05) is 48.0 Å². The molecular formula is C35H45F3N7O5S+. The van der Waals surface area contributed by atoms with Crippen molar-refractivity contribution in [3.63, 3.8) is 0 Å². The van der Waals surface area contributed by atoms with Gasteiger partial charge in [0.1, 0.15) is 26.4 Å². The summed E-state index contributed by atoms with van der Waals surface area (Å²) in [6.45, 7) is 5.61. The molecule has 6 heterocycles. The highest BCUT2D eigenvalue weighted by atomic mass is 32.2. The molecule has 3 aliphatic heterocycles. The van der Waals surface area contributed by atoms with Crippen LogP contribution in [-0.2, 0) is 40.4 Å². The van der Waals surface area contributed by atoms with Crippen LogP contribution in [0.1, 0.15) is 47.6 Å². The summed E-state index contributed by atoms with van der Waals surface area (Å²) in [5.74, 6) is 1.33. The monoisotopic (exact) mass is 732 g/mol. The summed E-state index contributed by atoms with van der Waals surface area (Å²) in [7, 11) is -1.84. The number of rotatable bonds is 9. The summed E-state index contributed by atoms with van der Waals surface area (Å²) in [4.78, 5) is 13.7. The number of piperidine rings is 1. The molecule has 0 saturated carbocycles. The van der Waals surface area contributed by atoms with Crippen molar-refractivity contribution in [1.29, 1.82) is 0 Å². The van der Waals surface area contributed by atoms with E-state index >= 15 is 0 Å². The van der Waals surface area contributed by atoms with Gasteiger partial charge >= 0.3 is 12.0 Å². The van der Waals surface area contributed by atoms with E-state index in [-0.39, 0.29) is 13.1 Å². The Hall–Kier alpha value is -3.70. The number of aliphatic hydroxyl groups is 1. The second-order valence-corrected chi connectivity index (χ2v) is 15.8. The van der Waals surface area contributed by atoms with Gasteiger partial charge in [-0.05, 0) is 67.1 Å². The van der Waals surface area contributed by atoms with Gasteiger partial charge in [0.25, 0.3) is 0 Å². The van der Waals surface area contributed by atoms with E-state index in [4.69, 9.17) is 14.7 Å². The highest BCUT2D eigenvalue weighted by Crippen LogP contribution is 2.36. The predicted octanol–water partition coefficient (Wildman–Crippen LogP) is 3.18. The van der Waals surface area contributed by atoms with Gasteiger partial charge in [-0.2, -0.15) is 22.6 Å². The maximum absolute atomic E-state index is 13.3. The fourth-order valence-electron chi connectivity index (χ4n) is 7.74. The molecule has 0 aliphatic carbocycles. The molecular weight excluding hydrogens is 687 g/mol. The molecule has 3 aromatic heterocycles. The zero-order chi connectivity index (χ0) is 35.9. The third kappa shape index (κ3) is 7.61. The average molecular weight is 733 g/mol. The topological polar surface area (TPSA) is 120 Å². The number of fused-ring (bicyclic) bond motifs is 2. The van der Waals surface area contributed by atoms with E-state index in [0.29, 0.717) is 61.9 Å².